The molecule has 0 N–H and O–H groups in total. The van der Waals surface area contributed by atoms with Crippen LogP contribution >= 0.6 is 0 Å². The predicted molar refractivity (Wildman–Crippen MR) is 51.0 cm³/mol. The Morgan fingerprint density at radius 3 is 2.00 bits per heavy atom. The van der Waals surface area contributed by atoms with Crippen molar-refractivity contribution in [3.63, 3.8) is 0 Å². The topological polar surface area (TPSA) is 0 Å². The molecule has 0 amide bonds. The molecule has 1 aromatic rings. The van der Waals surface area contributed by atoms with Crippen LogP contribution in [0, 0.1) is 20.8 Å². The summed E-state index contributed by atoms with van der Waals surface area (Å²) in [6.07, 6.45) is -4.22. The average Bonchev–Trinajstić information content (AvgIpc) is 1.97. The van der Waals surface area contributed by atoms with Gasteiger partial charge in [0.1, 0.15) is 0 Å². The fourth-order valence-corrected chi connectivity index (χ4v) is 3.01. The summed E-state index contributed by atoms with van der Waals surface area (Å²) in [5, 5.41) is 0. The van der Waals surface area contributed by atoms with E-state index in [1.165, 1.54) is 0 Å². The van der Waals surface area contributed by atoms with Gasteiger partial charge in [-0.15, -0.1) is 0 Å². The van der Waals surface area contributed by atoms with Gasteiger partial charge in [-0.2, -0.15) is 0 Å². The Hall–Kier alpha value is -0.191. The molecule has 0 atom stereocenters. The molecule has 3 radical (unpaired) electrons. The van der Waals surface area contributed by atoms with E-state index in [-0.39, 0.29) is 0 Å². The van der Waals surface area contributed by atoms with Gasteiger partial charge in [-0.1, -0.05) is 0 Å². The molecule has 0 heterocycles. The summed E-state index contributed by atoms with van der Waals surface area (Å²) in [6.45, 7) is 5.12. The molecule has 75 valence electrons. The monoisotopic (exact) mass is 307 g/mol. The van der Waals surface area contributed by atoms with Gasteiger partial charge in [0, 0.05) is 0 Å². The molecule has 14 heavy (non-hydrogen) atoms. The second-order valence-electron chi connectivity index (χ2n) is 3.36. The Morgan fingerprint density at radius 1 is 1.07 bits per heavy atom. The van der Waals surface area contributed by atoms with Gasteiger partial charge in [0.25, 0.3) is 0 Å². The zero-order valence-corrected chi connectivity index (χ0v) is 11.1. The molecular weight excluding hydrogens is 296 g/mol. The third-order valence-electron chi connectivity index (χ3n) is 2.44. The van der Waals surface area contributed by atoms with E-state index < -0.39 is 11.7 Å². The Bertz CT molecular complexity index is 367. The SMILES string of the molecule is Cc1c[c]([Sn])c(C(F)(F)F)c(C)c1C. The number of benzene rings is 1. The zero-order chi connectivity index (χ0) is 11.1. The van der Waals surface area contributed by atoms with Crippen LogP contribution in [0.4, 0.5) is 13.2 Å². The van der Waals surface area contributed by atoms with E-state index in [1.54, 1.807) is 19.9 Å². The Morgan fingerprint density at radius 2 is 1.57 bits per heavy atom. The molecule has 1 rings (SSSR count). The molecule has 0 aromatic heterocycles. The van der Waals surface area contributed by atoms with Crippen molar-refractivity contribution >= 4 is 26.1 Å². The number of alkyl halides is 3. The van der Waals surface area contributed by atoms with Gasteiger partial charge >= 0.3 is 94.5 Å². The van der Waals surface area contributed by atoms with Crippen LogP contribution in [0.2, 0.25) is 0 Å². The summed E-state index contributed by atoms with van der Waals surface area (Å²) in [7, 11) is 0. The molecule has 0 aliphatic heterocycles. The quantitative estimate of drug-likeness (QED) is 0.646. The van der Waals surface area contributed by atoms with E-state index in [9.17, 15) is 13.2 Å². The summed E-state index contributed by atoms with van der Waals surface area (Å²) in [5.74, 6) is 0. The predicted octanol–water partition coefficient (Wildman–Crippen LogP) is 2.42. The van der Waals surface area contributed by atoms with E-state index in [0.717, 1.165) is 33.7 Å². The van der Waals surface area contributed by atoms with Crippen LogP contribution in [-0.4, -0.2) is 22.5 Å². The Balaban J connectivity index is 3.53. The van der Waals surface area contributed by atoms with Crippen molar-refractivity contribution in [1.82, 2.24) is 0 Å². The van der Waals surface area contributed by atoms with Gasteiger partial charge in [0.05, 0.1) is 0 Å². The minimum atomic E-state index is -4.22. The number of rotatable bonds is 0. The number of halogens is 3. The van der Waals surface area contributed by atoms with Crippen molar-refractivity contribution < 1.29 is 13.2 Å². The first-order chi connectivity index (χ1) is 6.25. The van der Waals surface area contributed by atoms with E-state index in [2.05, 4.69) is 0 Å². The first-order valence-corrected chi connectivity index (χ1v) is 5.57. The number of hydrogen-bond acceptors (Lipinski definition) is 0. The molecular formula is C10H10F3Sn. The first kappa shape index (κ1) is 11.9. The minimum absolute atomic E-state index is 0.365. The summed E-state index contributed by atoms with van der Waals surface area (Å²) >= 11 is 0.808. The normalized spacial score (nSPS) is 11.9. The van der Waals surface area contributed by atoms with Crippen LogP contribution < -0.4 is 3.58 Å². The zero-order valence-electron chi connectivity index (χ0n) is 8.21. The summed E-state index contributed by atoms with van der Waals surface area (Å²) in [5.41, 5.74) is 1.59. The van der Waals surface area contributed by atoms with Gasteiger partial charge < -0.3 is 0 Å². The molecule has 0 nitrogen and oxygen atoms in total. The Kier molecular flexibility index (Phi) is 3.19. The molecule has 0 saturated carbocycles. The average molecular weight is 306 g/mol. The van der Waals surface area contributed by atoms with Crippen LogP contribution in [-0.2, 0) is 6.18 Å². The molecule has 4 heteroatoms. The Labute approximate surface area is 94.6 Å². The van der Waals surface area contributed by atoms with Crippen LogP contribution in [0.1, 0.15) is 22.3 Å². The fourth-order valence-electron chi connectivity index (χ4n) is 1.45. The number of hydrogen-bond donors (Lipinski definition) is 0. The first-order valence-electron chi connectivity index (χ1n) is 4.14. The van der Waals surface area contributed by atoms with Gasteiger partial charge in [0.15, 0.2) is 0 Å². The molecule has 0 unspecified atom stereocenters. The van der Waals surface area contributed by atoms with E-state index >= 15 is 0 Å². The molecule has 0 aliphatic carbocycles. The second kappa shape index (κ2) is 3.76. The standard InChI is InChI=1S/C10H10F3.Sn/c1-6-4-5-9(10(11,12)13)8(3)7(6)2;/h4H,1-3H3;. The summed E-state index contributed by atoms with van der Waals surface area (Å²) < 4.78 is 38.3. The van der Waals surface area contributed by atoms with Crippen molar-refractivity contribution in [3.05, 3.63) is 28.3 Å². The van der Waals surface area contributed by atoms with Crippen molar-refractivity contribution in [2.45, 2.75) is 26.9 Å². The molecule has 0 saturated heterocycles. The van der Waals surface area contributed by atoms with Crippen molar-refractivity contribution in [3.8, 4) is 0 Å². The van der Waals surface area contributed by atoms with Gasteiger partial charge in [-0.25, -0.2) is 0 Å². The molecule has 1 aromatic carbocycles. The summed E-state index contributed by atoms with van der Waals surface area (Å²) in [4.78, 5) is 0. The molecule has 0 bridgehead atoms. The third kappa shape index (κ3) is 2.07. The van der Waals surface area contributed by atoms with E-state index in [4.69, 9.17) is 0 Å². The summed E-state index contributed by atoms with van der Waals surface area (Å²) in [6, 6.07) is 1.63. The third-order valence-corrected chi connectivity index (χ3v) is 3.57. The fraction of sp³-hybridized carbons (Fsp3) is 0.400. The molecule has 0 aliphatic rings. The van der Waals surface area contributed by atoms with Gasteiger partial charge in [-0.3, -0.25) is 0 Å². The maximum atomic E-state index is 12.6. The van der Waals surface area contributed by atoms with Crippen LogP contribution in [0.3, 0.4) is 0 Å². The number of aryl methyl sites for hydroxylation is 1. The van der Waals surface area contributed by atoms with Crippen molar-refractivity contribution in [1.29, 1.82) is 0 Å². The van der Waals surface area contributed by atoms with Crippen LogP contribution in [0.5, 0.6) is 0 Å². The van der Waals surface area contributed by atoms with Crippen molar-refractivity contribution in [2.24, 2.45) is 0 Å². The van der Waals surface area contributed by atoms with Crippen molar-refractivity contribution in [2.75, 3.05) is 0 Å². The molecule has 0 fully saturated rings. The molecule has 0 spiro atoms. The second-order valence-corrected chi connectivity index (χ2v) is 4.90. The van der Waals surface area contributed by atoms with E-state index in [0.29, 0.717) is 9.14 Å². The van der Waals surface area contributed by atoms with Crippen LogP contribution in [0.25, 0.3) is 0 Å². The van der Waals surface area contributed by atoms with Gasteiger partial charge in [-0.05, 0) is 0 Å². The maximum absolute atomic E-state index is 12.6. The van der Waals surface area contributed by atoms with E-state index in [1.807, 2.05) is 6.92 Å². The van der Waals surface area contributed by atoms with Gasteiger partial charge in [0.2, 0.25) is 0 Å². The van der Waals surface area contributed by atoms with Crippen LogP contribution in [0.15, 0.2) is 6.07 Å².